The summed E-state index contributed by atoms with van der Waals surface area (Å²) in [5.41, 5.74) is 1.68. The van der Waals surface area contributed by atoms with Crippen molar-refractivity contribution in [3.8, 4) is 0 Å². The SMILES string of the molecule is CCc1cc(C(=O)N2CCC(CNC)C2)n(C)n1. The molecular formula is C13H22N4O. The van der Waals surface area contributed by atoms with E-state index in [-0.39, 0.29) is 5.91 Å². The van der Waals surface area contributed by atoms with Crippen LogP contribution < -0.4 is 5.32 Å². The van der Waals surface area contributed by atoms with Crippen molar-refractivity contribution >= 4 is 5.91 Å². The fourth-order valence-electron chi connectivity index (χ4n) is 2.53. The van der Waals surface area contributed by atoms with E-state index in [0.29, 0.717) is 11.6 Å². The van der Waals surface area contributed by atoms with Crippen LogP contribution in [0.3, 0.4) is 0 Å². The number of hydrogen-bond acceptors (Lipinski definition) is 3. The lowest BCUT2D eigenvalue weighted by atomic mass is 10.1. The molecule has 1 aliphatic heterocycles. The lowest BCUT2D eigenvalue weighted by Crippen LogP contribution is -2.31. The number of rotatable bonds is 4. The first-order valence-corrected chi connectivity index (χ1v) is 6.62. The third kappa shape index (κ3) is 2.56. The second-order valence-corrected chi connectivity index (χ2v) is 4.96. The zero-order valence-corrected chi connectivity index (χ0v) is 11.4. The Kier molecular flexibility index (Phi) is 4.01. The molecule has 18 heavy (non-hydrogen) atoms. The largest absolute Gasteiger partial charge is 0.337 e. The van der Waals surface area contributed by atoms with Gasteiger partial charge >= 0.3 is 0 Å². The summed E-state index contributed by atoms with van der Waals surface area (Å²) in [7, 11) is 3.80. The maximum Gasteiger partial charge on any atom is 0.272 e. The van der Waals surface area contributed by atoms with E-state index in [9.17, 15) is 4.79 Å². The molecule has 2 rings (SSSR count). The molecule has 5 nitrogen and oxygen atoms in total. The van der Waals surface area contributed by atoms with E-state index in [2.05, 4.69) is 17.3 Å². The standard InChI is InChI=1S/C13H22N4O/c1-4-11-7-12(16(3)15-11)13(18)17-6-5-10(9-17)8-14-2/h7,10,14H,4-6,8-9H2,1-3H3. The van der Waals surface area contributed by atoms with E-state index in [1.165, 1.54) is 0 Å². The van der Waals surface area contributed by atoms with Gasteiger partial charge in [-0.25, -0.2) is 0 Å². The van der Waals surface area contributed by atoms with E-state index >= 15 is 0 Å². The number of aromatic nitrogens is 2. The molecule has 1 unspecified atom stereocenters. The summed E-state index contributed by atoms with van der Waals surface area (Å²) in [5.74, 6) is 0.695. The summed E-state index contributed by atoms with van der Waals surface area (Å²) in [6.45, 7) is 4.74. The fraction of sp³-hybridized carbons (Fsp3) is 0.692. The number of carbonyl (C=O) groups excluding carboxylic acids is 1. The number of hydrogen-bond donors (Lipinski definition) is 1. The Balaban J connectivity index is 2.05. The van der Waals surface area contributed by atoms with Gasteiger partial charge in [0.2, 0.25) is 0 Å². The molecule has 0 aliphatic carbocycles. The Morgan fingerprint density at radius 2 is 2.39 bits per heavy atom. The molecule has 1 fully saturated rings. The van der Waals surface area contributed by atoms with Gasteiger partial charge in [-0.1, -0.05) is 6.92 Å². The molecule has 5 heteroatoms. The number of aryl methyl sites for hydroxylation is 2. The van der Waals surface area contributed by atoms with Gasteiger partial charge in [0.25, 0.3) is 5.91 Å². The Morgan fingerprint density at radius 3 is 3.00 bits per heavy atom. The van der Waals surface area contributed by atoms with Crippen molar-refractivity contribution < 1.29 is 4.79 Å². The minimum atomic E-state index is 0.114. The van der Waals surface area contributed by atoms with Gasteiger partial charge in [-0.2, -0.15) is 5.10 Å². The van der Waals surface area contributed by atoms with Crippen molar-refractivity contribution in [2.75, 3.05) is 26.7 Å². The van der Waals surface area contributed by atoms with Crippen molar-refractivity contribution in [3.63, 3.8) is 0 Å². The number of nitrogens with one attached hydrogen (secondary N) is 1. The Hall–Kier alpha value is -1.36. The molecule has 1 aliphatic rings. The van der Waals surface area contributed by atoms with Gasteiger partial charge in [0, 0.05) is 20.1 Å². The number of likely N-dealkylation sites (tertiary alicyclic amines) is 1. The van der Waals surface area contributed by atoms with Crippen molar-refractivity contribution in [2.24, 2.45) is 13.0 Å². The van der Waals surface area contributed by atoms with Gasteiger partial charge in [0.1, 0.15) is 5.69 Å². The van der Waals surface area contributed by atoms with Crippen LogP contribution in [0.5, 0.6) is 0 Å². The summed E-state index contributed by atoms with van der Waals surface area (Å²) < 4.78 is 1.70. The van der Waals surface area contributed by atoms with Crippen LogP contribution in [0.2, 0.25) is 0 Å². The molecule has 1 N–H and O–H groups in total. The van der Waals surface area contributed by atoms with Gasteiger partial charge in [-0.05, 0) is 38.4 Å². The maximum absolute atomic E-state index is 12.4. The minimum absolute atomic E-state index is 0.114. The summed E-state index contributed by atoms with van der Waals surface area (Å²) in [5, 5.41) is 7.51. The third-order valence-electron chi connectivity index (χ3n) is 3.58. The highest BCUT2D eigenvalue weighted by Crippen LogP contribution is 2.18. The lowest BCUT2D eigenvalue weighted by Gasteiger charge is -2.16. The van der Waals surface area contributed by atoms with Crippen LogP contribution in [0, 0.1) is 5.92 Å². The predicted molar refractivity (Wildman–Crippen MR) is 70.5 cm³/mol. The molecular weight excluding hydrogens is 228 g/mol. The van der Waals surface area contributed by atoms with Crippen molar-refractivity contribution in [3.05, 3.63) is 17.5 Å². The van der Waals surface area contributed by atoms with Crippen LogP contribution in [0.15, 0.2) is 6.07 Å². The first-order chi connectivity index (χ1) is 8.65. The summed E-state index contributed by atoms with van der Waals surface area (Å²) in [6, 6.07) is 1.91. The highest BCUT2D eigenvalue weighted by molar-refractivity contribution is 5.92. The van der Waals surface area contributed by atoms with E-state index < -0.39 is 0 Å². The zero-order valence-electron chi connectivity index (χ0n) is 11.4. The minimum Gasteiger partial charge on any atom is -0.337 e. The molecule has 1 aromatic rings. The normalized spacial score (nSPS) is 19.5. The molecule has 0 spiro atoms. The second kappa shape index (κ2) is 5.52. The van der Waals surface area contributed by atoms with Crippen molar-refractivity contribution in [1.29, 1.82) is 0 Å². The van der Waals surface area contributed by atoms with Gasteiger partial charge in [-0.3, -0.25) is 9.48 Å². The molecule has 1 saturated heterocycles. The zero-order chi connectivity index (χ0) is 13.1. The van der Waals surface area contributed by atoms with E-state index in [4.69, 9.17) is 0 Å². The van der Waals surface area contributed by atoms with Crippen LogP contribution in [0.1, 0.15) is 29.5 Å². The number of amides is 1. The molecule has 0 radical (unpaired) electrons. The molecule has 0 bridgehead atoms. The van der Waals surface area contributed by atoms with Gasteiger partial charge in [0.05, 0.1) is 5.69 Å². The fourth-order valence-corrected chi connectivity index (χ4v) is 2.53. The molecule has 0 saturated carbocycles. The average molecular weight is 250 g/mol. The third-order valence-corrected chi connectivity index (χ3v) is 3.58. The molecule has 1 amide bonds. The quantitative estimate of drug-likeness (QED) is 0.854. The molecule has 1 aromatic heterocycles. The van der Waals surface area contributed by atoms with Crippen LogP contribution in [0.4, 0.5) is 0 Å². The number of carbonyl (C=O) groups is 1. The van der Waals surface area contributed by atoms with E-state index in [1.54, 1.807) is 4.68 Å². The van der Waals surface area contributed by atoms with E-state index in [0.717, 1.165) is 38.2 Å². The predicted octanol–water partition coefficient (Wildman–Crippen LogP) is 0.664. The maximum atomic E-state index is 12.4. The van der Waals surface area contributed by atoms with Crippen LogP contribution in [0.25, 0.3) is 0 Å². The Bertz CT molecular complexity index is 427. The average Bonchev–Trinajstić information content (AvgIpc) is 2.95. The summed E-state index contributed by atoms with van der Waals surface area (Å²) in [6.07, 6.45) is 1.95. The second-order valence-electron chi connectivity index (χ2n) is 4.96. The van der Waals surface area contributed by atoms with Crippen LogP contribution >= 0.6 is 0 Å². The topological polar surface area (TPSA) is 50.2 Å². The Labute approximate surface area is 108 Å². The van der Waals surface area contributed by atoms with Crippen molar-refractivity contribution in [2.45, 2.75) is 19.8 Å². The van der Waals surface area contributed by atoms with Gasteiger partial charge < -0.3 is 10.2 Å². The highest BCUT2D eigenvalue weighted by atomic mass is 16.2. The smallest absolute Gasteiger partial charge is 0.272 e. The van der Waals surface area contributed by atoms with Gasteiger partial charge in [-0.15, -0.1) is 0 Å². The molecule has 1 atom stereocenters. The lowest BCUT2D eigenvalue weighted by molar-refractivity contribution is 0.0776. The molecule has 0 aromatic carbocycles. The number of nitrogens with zero attached hydrogens (tertiary/aromatic N) is 3. The summed E-state index contributed by atoms with van der Waals surface area (Å²) in [4.78, 5) is 14.3. The highest BCUT2D eigenvalue weighted by Gasteiger charge is 2.28. The van der Waals surface area contributed by atoms with E-state index in [1.807, 2.05) is 25.1 Å². The summed E-state index contributed by atoms with van der Waals surface area (Å²) >= 11 is 0. The van der Waals surface area contributed by atoms with Crippen LogP contribution in [-0.2, 0) is 13.5 Å². The van der Waals surface area contributed by atoms with Gasteiger partial charge in [0.15, 0.2) is 0 Å². The van der Waals surface area contributed by atoms with Crippen molar-refractivity contribution in [1.82, 2.24) is 20.0 Å². The first-order valence-electron chi connectivity index (χ1n) is 6.62. The Morgan fingerprint density at radius 1 is 1.61 bits per heavy atom. The monoisotopic (exact) mass is 250 g/mol. The first kappa shape index (κ1) is 13.1. The van der Waals surface area contributed by atoms with Crippen LogP contribution in [-0.4, -0.2) is 47.3 Å². The molecule has 2 heterocycles. The molecule has 100 valence electrons.